The number of rotatable bonds is 8. The number of nitrogens with one attached hydrogen (secondary N) is 2. The quantitative estimate of drug-likeness (QED) is 0.567. The van der Waals surface area contributed by atoms with Crippen LogP contribution in [-0.4, -0.2) is 62.7 Å². The number of carbonyl (C=O) groups is 2. The smallest absolute Gasteiger partial charge is 0.239 e. The molecule has 2 amide bonds. The molecule has 1 heterocycles. The van der Waals surface area contributed by atoms with Gasteiger partial charge in [0.2, 0.25) is 11.8 Å². The topological polar surface area (TPSA) is 70.7 Å². The summed E-state index contributed by atoms with van der Waals surface area (Å²) < 4.78 is 4.84. The summed E-state index contributed by atoms with van der Waals surface area (Å²) in [6.07, 6.45) is 1.19. The van der Waals surface area contributed by atoms with Crippen molar-refractivity contribution in [3.63, 3.8) is 0 Å². The molecule has 0 spiro atoms. The molecule has 104 valence electrons. The predicted molar refractivity (Wildman–Crippen MR) is 68.2 cm³/mol. The van der Waals surface area contributed by atoms with E-state index in [4.69, 9.17) is 4.74 Å². The molecular formula is C12H23N3O3. The van der Waals surface area contributed by atoms with Gasteiger partial charge >= 0.3 is 0 Å². The largest absolute Gasteiger partial charge is 0.383 e. The van der Waals surface area contributed by atoms with E-state index >= 15 is 0 Å². The van der Waals surface area contributed by atoms with Crippen LogP contribution in [0.2, 0.25) is 0 Å². The Morgan fingerprint density at radius 3 is 3.00 bits per heavy atom. The van der Waals surface area contributed by atoms with Gasteiger partial charge in [-0.2, -0.15) is 0 Å². The van der Waals surface area contributed by atoms with Crippen LogP contribution in [0.1, 0.15) is 19.8 Å². The van der Waals surface area contributed by atoms with Crippen molar-refractivity contribution >= 4 is 11.8 Å². The maximum absolute atomic E-state index is 11.9. The predicted octanol–water partition coefficient (Wildman–Crippen LogP) is -0.650. The Hall–Kier alpha value is -1.14. The standard InChI is InChI=1S/C12H23N3O3/c1-3-13-10-4-7-15(12(10)17)8-5-11(16)14-6-9-18-2/h10,13H,3-9H2,1-2H3,(H,14,16). The second-order valence-corrected chi connectivity index (χ2v) is 4.32. The summed E-state index contributed by atoms with van der Waals surface area (Å²) >= 11 is 0. The molecule has 0 bridgehead atoms. The highest BCUT2D eigenvalue weighted by Gasteiger charge is 2.30. The first-order chi connectivity index (χ1) is 8.69. The summed E-state index contributed by atoms with van der Waals surface area (Å²) in [6.45, 7) is 5.04. The van der Waals surface area contributed by atoms with Gasteiger partial charge in [0.1, 0.15) is 0 Å². The maximum atomic E-state index is 11.9. The van der Waals surface area contributed by atoms with Gasteiger partial charge in [0, 0.05) is 33.2 Å². The van der Waals surface area contributed by atoms with Crippen LogP contribution >= 0.6 is 0 Å². The van der Waals surface area contributed by atoms with E-state index in [0.29, 0.717) is 26.1 Å². The number of methoxy groups -OCH3 is 1. The van der Waals surface area contributed by atoms with Crippen LogP contribution in [0.5, 0.6) is 0 Å². The number of nitrogens with zero attached hydrogens (tertiary/aromatic N) is 1. The van der Waals surface area contributed by atoms with Gasteiger partial charge in [0.05, 0.1) is 12.6 Å². The molecule has 6 heteroatoms. The van der Waals surface area contributed by atoms with Crippen molar-refractivity contribution in [2.75, 3.05) is 39.9 Å². The number of hydrogen-bond acceptors (Lipinski definition) is 4. The van der Waals surface area contributed by atoms with Crippen LogP contribution in [-0.2, 0) is 14.3 Å². The zero-order valence-electron chi connectivity index (χ0n) is 11.2. The van der Waals surface area contributed by atoms with Gasteiger partial charge < -0.3 is 20.3 Å². The van der Waals surface area contributed by atoms with E-state index in [1.807, 2.05) is 6.92 Å². The molecule has 1 fully saturated rings. The van der Waals surface area contributed by atoms with Crippen LogP contribution in [0.25, 0.3) is 0 Å². The van der Waals surface area contributed by atoms with Crippen LogP contribution in [0.3, 0.4) is 0 Å². The zero-order valence-corrected chi connectivity index (χ0v) is 11.2. The lowest BCUT2D eigenvalue weighted by Gasteiger charge is -2.16. The van der Waals surface area contributed by atoms with Gasteiger partial charge in [-0.25, -0.2) is 0 Å². The second-order valence-electron chi connectivity index (χ2n) is 4.32. The minimum atomic E-state index is -0.0634. The molecule has 1 rings (SSSR count). The SMILES string of the molecule is CCNC1CCN(CCC(=O)NCCOC)C1=O. The number of likely N-dealkylation sites (N-methyl/N-ethyl adjacent to an activating group) is 1. The van der Waals surface area contributed by atoms with Gasteiger partial charge in [0.15, 0.2) is 0 Å². The molecule has 1 saturated heterocycles. The fourth-order valence-electron chi connectivity index (χ4n) is 2.01. The summed E-state index contributed by atoms with van der Waals surface area (Å²) in [5.74, 6) is 0.0771. The second kappa shape index (κ2) is 8.05. The summed E-state index contributed by atoms with van der Waals surface area (Å²) in [7, 11) is 1.59. The highest BCUT2D eigenvalue weighted by atomic mass is 16.5. The molecule has 18 heavy (non-hydrogen) atoms. The lowest BCUT2D eigenvalue weighted by Crippen LogP contribution is -2.39. The molecule has 2 N–H and O–H groups in total. The van der Waals surface area contributed by atoms with Gasteiger partial charge in [0.25, 0.3) is 0 Å². The molecule has 0 saturated carbocycles. The van der Waals surface area contributed by atoms with Crippen molar-refractivity contribution in [3.05, 3.63) is 0 Å². The molecule has 0 aromatic heterocycles. The average Bonchev–Trinajstić information content (AvgIpc) is 2.69. The molecular weight excluding hydrogens is 234 g/mol. The maximum Gasteiger partial charge on any atom is 0.239 e. The number of likely N-dealkylation sites (tertiary alicyclic amines) is 1. The number of hydrogen-bond donors (Lipinski definition) is 2. The summed E-state index contributed by atoms with van der Waals surface area (Å²) in [4.78, 5) is 25.1. The molecule has 0 aromatic rings. The lowest BCUT2D eigenvalue weighted by molar-refractivity contribution is -0.130. The van der Waals surface area contributed by atoms with Crippen molar-refractivity contribution in [1.29, 1.82) is 0 Å². The first kappa shape index (κ1) is 14.9. The fourth-order valence-corrected chi connectivity index (χ4v) is 2.01. The van der Waals surface area contributed by atoms with Crippen molar-refractivity contribution in [2.24, 2.45) is 0 Å². The van der Waals surface area contributed by atoms with E-state index in [1.54, 1.807) is 12.0 Å². The van der Waals surface area contributed by atoms with Gasteiger partial charge in [-0.1, -0.05) is 6.92 Å². The average molecular weight is 257 g/mol. The number of carbonyl (C=O) groups excluding carboxylic acids is 2. The number of ether oxygens (including phenoxy) is 1. The molecule has 0 radical (unpaired) electrons. The number of amides is 2. The van der Waals surface area contributed by atoms with E-state index in [9.17, 15) is 9.59 Å². The van der Waals surface area contributed by atoms with Crippen LogP contribution in [0.15, 0.2) is 0 Å². The Bertz CT molecular complexity index is 284. The molecule has 6 nitrogen and oxygen atoms in total. The van der Waals surface area contributed by atoms with E-state index in [-0.39, 0.29) is 17.9 Å². The Morgan fingerprint density at radius 1 is 1.56 bits per heavy atom. The Kier molecular flexibility index (Phi) is 6.67. The Balaban J connectivity index is 2.19. The van der Waals surface area contributed by atoms with Crippen molar-refractivity contribution in [3.8, 4) is 0 Å². The zero-order chi connectivity index (χ0) is 13.4. The van der Waals surface area contributed by atoms with E-state index in [0.717, 1.165) is 19.5 Å². The van der Waals surface area contributed by atoms with Gasteiger partial charge in [-0.3, -0.25) is 9.59 Å². The minimum Gasteiger partial charge on any atom is -0.383 e. The third-order valence-corrected chi connectivity index (χ3v) is 2.99. The molecule has 1 unspecified atom stereocenters. The minimum absolute atomic E-state index is 0.0354. The van der Waals surface area contributed by atoms with Gasteiger partial charge in [-0.05, 0) is 13.0 Å². The van der Waals surface area contributed by atoms with Crippen molar-refractivity contribution in [1.82, 2.24) is 15.5 Å². The van der Waals surface area contributed by atoms with Crippen molar-refractivity contribution in [2.45, 2.75) is 25.8 Å². The van der Waals surface area contributed by atoms with Gasteiger partial charge in [-0.15, -0.1) is 0 Å². The summed E-state index contributed by atoms with van der Waals surface area (Å²) in [5.41, 5.74) is 0. The molecule has 0 aromatic carbocycles. The summed E-state index contributed by atoms with van der Waals surface area (Å²) in [5, 5.41) is 5.89. The molecule has 1 aliphatic rings. The highest BCUT2D eigenvalue weighted by Crippen LogP contribution is 2.11. The summed E-state index contributed by atoms with van der Waals surface area (Å²) in [6, 6.07) is -0.0634. The van der Waals surface area contributed by atoms with Crippen molar-refractivity contribution < 1.29 is 14.3 Å². The monoisotopic (exact) mass is 257 g/mol. The molecule has 1 aliphatic heterocycles. The molecule has 1 atom stereocenters. The van der Waals surface area contributed by atoms with E-state index < -0.39 is 0 Å². The third kappa shape index (κ3) is 4.62. The third-order valence-electron chi connectivity index (χ3n) is 2.99. The van der Waals surface area contributed by atoms with Crippen LogP contribution in [0.4, 0.5) is 0 Å². The first-order valence-electron chi connectivity index (χ1n) is 6.46. The Morgan fingerprint density at radius 2 is 2.33 bits per heavy atom. The first-order valence-corrected chi connectivity index (χ1v) is 6.46. The van der Waals surface area contributed by atoms with Crippen LogP contribution < -0.4 is 10.6 Å². The fraction of sp³-hybridized carbons (Fsp3) is 0.833. The Labute approximate surface area is 108 Å². The molecule has 0 aliphatic carbocycles. The van der Waals surface area contributed by atoms with E-state index in [1.165, 1.54) is 0 Å². The highest BCUT2D eigenvalue weighted by molar-refractivity contribution is 5.84. The lowest BCUT2D eigenvalue weighted by atomic mass is 10.2. The normalized spacial score (nSPS) is 19.3. The van der Waals surface area contributed by atoms with E-state index in [2.05, 4.69) is 10.6 Å². The van der Waals surface area contributed by atoms with Crippen LogP contribution in [0, 0.1) is 0 Å².